The van der Waals surface area contributed by atoms with E-state index in [4.69, 9.17) is 0 Å². The van der Waals surface area contributed by atoms with E-state index in [1.54, 1.807) is 0 Å². The zero-order valence-corrected chi connectivity index (χ0v) is 11.5. The summed E-state index contributed by atoms with van der Waals surface area (Å²) in [5.41, 5.74) is 0. The van der Waals surface area contributed by atoms with E-state index < -0.39 is 0 Å². The Hall–Kier alpha value is -0.0800. The van der Waals surface area contributed by atoms with Crippen molar-refractivity contribution in [1.82, 2.24) is 10.2 Å². The second-order valence-electron chi connectivity index (χ2n) is 5.10. The van der Waals surface area contributed by atoms with Crippen LogP contribution in [0, 0.1) is 5.92 Å². The van der Waals surface area contributed by atoms with E-state index in [0.717, 1.165) is 18.5 Å². The Morgan fingerprint density at radius 1 is 1.19 bits per heavy atom. The molecule has 1 atom stereocenters. The standard InChI is InChI=1S/C14H30N2/c1-4-11-16(6-3)12-14(15-5-2)13-9-7-8-10-13/h13-15H,4-12H2,1-3H3. The summed E-state index contributed by atoms with van der Waals surface area (Å²) in [5, 5.41) is 3.71. The zero-order valence-electron chi connectivity index (χ0n) is 11.5. The van der Waals surface area contributed by atoms with E-state index in [1.807, 2.05) is 0 Å². The Morgan fingerprint density at radius 2 is 1.88 bits per heavy atom. The summed E-state index contributed by atoms with van der Waals surface area (Å²) in [6.07, 6.45) is 7.07. The van der Waals surface area contributed by atoms with Gasteiger partial charge in [-0.3, -0.25) is 0 Å². The Labute approximate surface area is 102 Å². The predicted octanol–water partition coefficient (Wildman–Crippen LogP) is 2.89. The molecular weight excluding hydrogens is 196 g/mol. The molecule has 0 aromatic carbocycles. The normalized spacial score (nSPS) is 19.5. The SMILES string of the molecule is CCCN(CC)CC(NCC)C1CCCC1. The van der Waals surface area contributed by atoms with E-state index in [-0.39, 0.29) is 0 Å². The van der Waals surface area contributed by atoms with Crippen LogP contribution in [-0.2, 0) is 0 Å². The van der Waals surface area contributed by atoms with Crippen molar-refractivity contribution in [3.05, 3.63) is 0 Å². The highest BCUT2D eigenvalue weighted by Gasteiger charge is 2.25. The van der Waals surface area contributed by atoms with Gasteiger partial charge in [0.25, 0.3) is 0 Å². The summed E-state index contributed by atoms with van der Waals surface area (Å²) in [5.74, 6) is 0.936. The van der Waals surface area contributed by atoms with Gasteiger partial charge in [-0.2, -0.15) is 0 Å². The van der Waals surface area contributed by atoms with Gasteiger partial charge in [-0.25, -0.2) is 0 Å². The van der Waals surface area contributed by atoms with Crippen molar-refractivity contribution in [2.45, 2.75) is 58.9 Å². The van der Waals surface area contributed by atoms with Crippen LogP contribution in [0.4, 0.5) is 0 Å². The van der Waals surface area contributed by atoms with Crippen LogP contribution in [0.1, 0.15) is 52.9 Å². The van der Waals surface area contributed by atoms with E-state index >= 15 is 0 Å². The van der Waals surface area contributed by atoms with Crippen molar-refractivity contribution >= 4 is 0 Å². The van der Waals surface area contributed by atoms with Crippen molar-refractivity contribution in [1.29, 1.82) is 0 Å². The lowest BCUT2D eigenvalue weighted by atomic mass is 9.97. The van der Waals surface area contributed by atoms with E-state index in [9.17, 15) is 0 Å². The highest BCUT2D eigenvalue weighted by Crippen LogP contribution is 2.28. The Balaban J connectivity index is 2.41. The van der Waals surface area contributed by atoms with Gasteiger partial charge in [-0.05, 0) is 44.8 Å². The smallest absolute Gasteiger partial charge is 0.0223 e. The Morgan fingerprint density at radius 3 is 2.38 bits per heavy atom. The molecule has 0 aliphatic heterocycles. The third kappa shape index (κ3) is 4.42. The second-order valence-corrected chi connectivity index (χ2v) is 5.10. The Kier molecular flexibility index (Phi) is 7.06. The van der Waals surface area contributed by atoms with Gasteiger partial charge < -0.3 is 10.2 Å². The van der Waals surface area contributed by atoms with E-state index in [0.29, 0.717) is 0 Å². The molecule has 1 aliphatic carbocycles. The first-order chi connectivity index (χ1) is 7.81. The third-order valence-corrected chi connectivity index (χ3v) is 3.88. The minimum absolute atomic E-state index is 0.735. The summed E-state index contributed by atoms with van der Waals surface area (Å²) >= 11 is 0. The number of nitrogens with one attached hydrogen (secondary N) is 1. The molecule has 1 fully saturated rings. The van der Waals surface area contributed by atoms with Crippen LogP contribution in [0.3, 0.4) is 0 Å². The summed E-state index contributed by atoms with van der Waals surface area (Å²) < 4.78 is 0. The monoisotopic (exact) mass is 226 g/mol. The van der Waals surface area contributed by atoms with Gasteiger partial charge >= 0.3 is 0 Å². The van der Waals surface area contributed by atoms with Gasteiger partial charge in [-0.15, -0.1) is 0 Å². The summed E-state index contributed by atoms with van der Waals surface area (Å²) in [6, 6.07) is 0.735. The van der Waals surface area contributed by atoms with Gasteiger partial charge in [0, 0.05) is 12.6 Å². The molecule has 2 nitrogen and oxygen atoms in total. The molecule has 0 spiro atoms. The second kappa shape index (κ2) is 8.08. The topological polar surface area (TPSA) is 15.3 Å². The first kappa shape index (κ1) is 14.0. The van der Waals surface area contributed by atoms with Gasteiger partial charge in [0.15, 0.2) is 0 Å². The van der Waals surface area contributed by atoms with Gasteiger partial charge in [0.05, 0.1) is 0 Å². The number of rotatable bonds is 8. The van der Waals surface area contributed by atoms with Crippen molar-refractivity contribution < 1.29 is 0 Å². The van der Waals surface area contributed by atoms with Crippen LogP contribution >= 0.6 is 0 Å². The number of nitrogens with zero attached hydrogens (tertiary/aromatic N) is 1. The van der Waals surface area contributed by atoms with Gasteiger partial charge in [0.1, 0.15) is 0 Å². The van der Waals surface area contributed by atoms with Crippen LogP contribution in [-0.4, -0.2) is 37.1 Å². The summed E-state index contributed by atoms with van der Waals surface area (Å²) in [4.78, 5) is 2.60. The van der Waals surface area contributed by atoms with Crippen molar-refractivity contribution in [2.24, 2.45) is 5.92 Å². The molecule has 0 aromatic heterocycles. The molecule has 1 aliphatic rings. The first-order valence-corrected chi connectivity index (χ1v) is 7.27. The van der Waals surface area contributed by atoms with Crippen molar-refractivity contribution in [3.8, 4) is 0 Å². The summed E-state index contributed by atoms with van der Waals surface area (Å²) in [7, 11) is 0. The highest BCUT2D eigenvalue weighted by molar-refractivity contribution is 4.82. The maximum atomic E-state index is 3.71. The van der Waals surface area contributed by atoms with Crippen LogP contribution in [0.25, 0.3) is 0 Å². The van der Waals surface area contributed by atoms with Gasteiger partial charge in [-0.1, -0.05) is 33.6 Å². The van der Waals surface area contributed by atoms with Gasteiger partial charge in [0.2, 0.25) is 0 Å². The van der Waals surface area contributed by atoms with Crippen LogP contribution in [0.15, 0.2) is 0 Å². The van der Waals surface area contributed by atoms with Crippen LogP contribution < -0.4 is 5.32 Å². The molecule has 1 saturated carbocycles. The molecule has 96 valence electrons. The summed E-state index contributed by atoms with van der Waals surface area (Å²) in [6.45, 7) is 11.6. The molecule has 0 amide bonds. The lowest BCUT2D eigenvalue weighted by molar-refractivity contribution is 0.217. The lowest BCUT2D eigenvalue weighted by Crippen LogP contribution is -2.45. The molecule has 0 heterocycles. The molecule has 1 rings (SSSR count). The lowest BCUT2D eigenvalue weighted by Gasteiger charge is -2.30. The quantitative estimate of drug-likeness (QED) is 0.684. The molecule has 0 radical (unpaired) electrons. The maximum absolute atomic E-state index is 3.71. The number of hydrogen-bond acceptors (Lipinski definition) is 2. The minimum atomic E-state index is 0.735. The number of likely N-dealkylation sites (N-methyl/N-ethyl adjacent to an activating group) is 2. The first-order valence-electron chi connectivity index (χ1n) is 7.27. The molecule has 16 heavy (non-hydrogen) atoms. The molecule has 1 unspecified atom stereocenters. The molecule has 0 aromatic rings. The highest BCUT2D eigenvalue weighted by atomic mass is 15.1. The third-order valence-electron chi connectivity index (χ3n) is 3.88. The van der Waals surface area contributed by atoms with E-state index in [2.05, 4.69) is 31.0 Å². The molecule has 0 saturated heterocycles. The Bertz CT molecular complexity index is 164. The van der Waals surface area contributed by atoms with Crippen LogP contribution in [0.2, 0.25) is 0 Å². The largest absolute Gasteiger partial charge is 0.313 e. The van der Waals surface area contributed by atoms with E-state index in [1.165, 1.54) is 51.7 Å². The molecule has 2 heteroatoms. The minimum Gasteiger partial charge on any atom is -0.313 e. The molecular formula is C14H30N2. The average Bonchev–Trinajstić information content (AvgIpc) is 2.81. The van der Waals surface area contributed by atoms with Crippen molar-refractivity contribution in [3.63, 3.8) is 0 Å². The maximum Gasteiger partial charge on any atom is 0.0223 e. The molecule has 1 N–H and O–H groups in total. The fraction of sp³-hybridized carbons (Fsp3) is 1.00. The average molecular weight is 226 g/mol. The number of hydrogen-bond donors (Lipinski definition) is 1. The molecule has 0 bridgehead atoms. The zero-order chi connectivity index (χ0) is 11.8. The van der Waals surface area contributed by atoms with Crippen LogP contribution in [0.5, 0.6) is 0 Å². The fourth-order valence-electron chi connectivity index (χ4n) is 2.98. The predicted molar refractivity (Wildman–Crippen MR) is 71.8 cm³/mol. The fourth-order valence-corrected chi connectivity index (χ4v) is 2.98. The van der Waals surface area contributed by atoms with Crippen molar-refractivity contribution in [2.75, 3.05) is 26.2 Å².